The van der Waals surface area contributed by atoms with E-state index in [9.17, 15) is 32.2 Å². The maximum Gasteiger partial charge on any atom is 0.417 e. The van der Waals surface area contributed by atoms with Crippen molar-refractivity contribution in [3.63, 3.8) is 0 Å². The fraction of sp³-hybridized carbons (Fsp3) is 0.400. The fourth-order valence-corrected chi connectivity index (χ4v) is 4.00. The van der Waals surface area contributed by atoms with Crippen LogP contribution >= 0.6 is 15.9 Å². The summed E-state index contributed by atoms with van der Waals surface area (Å²) in [5.41, 5.74) is -5.01. The van der Waals surface area contributed by atoms with E-state index in [4.69, 9.17) is 0 Å². The Bertz CT molecular complexity index is 880. The Hall–Kier alpha value is -1.67. The smallest absolute Gasteiger partial charge is 0.417 e. The number of rotatable bonds is 5. The number of benzene rings is 2. The highest BCUT2D eigenvalue weighted by molar-refractivity contribution is 9.10. The number of halogens is 6. The second kappa shape index (κ2) is 7.63. The van der Waals surface area contributed by atoms with Gasteiger partial charge in [0, 0.05) is 16.5 Å². The Morgan fingerprint density at radius 2 is 1.64 bits per heavy atom. The average Bonchev–Trinajstić information content (AvgIpc) is 2.52. The summed E-state index contributed by atoms with van der Waals surface area (Å²) in [4.78, 5) is 0. The highest BCUT2D eigenvalue weighted by Crippen LogP contribution is 2.45. The molecule has 0 fully saturated rings. The first kappa shape index (κ1) is 22.6. The molecule has 0 heterocycles. The van der Waals surface area contributed by atoms with Crippen molar-refractivity contribution in [2.24, 2.45) is 0 Å². The van der Waals surface area contributed by atoms with Crippen LogP contribution in [-0.4, -0.2) is 22.0 Å². The zero-order chi connectivity index (χ0) is 21.5. The average molecular weight is 467 g/mol. The lowest BCUT2D eigenvalue weighted by Crippen LogP contribution is -2.51. The first-order valence-electron chi connectivity index (χ1n) is 8.39. The summed E-state index contributed by atoms with van der Waals surface area (Å²) in [5, 5.41) is 20.6. The SMILES string of the molecule is Cc1cc(Br)cc(CC(O)(CC(C)(C)c2cc(F)ccc2O)C(F)(F)F)c1F. The lowest BCUT2D eigenvalue weighted by Gasteiger charge is -2.38. The molecule has 0 aliphatic rings. The lowest BCUT2D eigenvalue weighted by atomic mass is 9.72. The maximum absolute atomic E-state index is 14.4. The van der Waals surface area contributed by atoms with Gasteiger partial charge in [0.15, 0.2) is 5.60 Å². The molecule has 2 N–H and O–H groups in total. The van der Waals surface area contributed by atoms with Crippen molar-refractivity contribution in [3.8, 4) is 5.75 Å². The van der Waals surface area contributed by atoms with E-state index in [0.29, 0.717) is 4.47 Å². The zero-order valence-corrected chi connectivity index (χ0v) is 17.0. The van der Waals surface area contributed by atoms with Gasteiger partial charge in [-0.2, -0.15) is 13.2 Å². The van der Waals surface area contributed by atoms with Crippen molar-refractivity contribution in [1.29, 1.82) is 0 Å². The maximum atomic E-state index is 14.4. The number of aromatic hydroxyl groups is 1. The quantitative estimate of drug-likeness (QED) is 0.534. The predicted molar refractivity (Wildman–Crippen MR) is 99.3 cm³/mol. The van der Waals surface area contributed by atoms with Gasteiger partial charge < -0.3 is 10.2 Å². The molecule has 0 bridgehead atoms. The molecule has 2 aromatic rings. The summed E-state index contributed by atoms with van der Waals surface area (Å²) >= 11 is 3.12. The van der Waals surface area contributed by atoms with Crippen LogP contribution in [0.1, 0.15) is 37.0 Å². The van der Waals surface area contributed by atoms with Gasteiger partial charge in [-0.15, -0.1) is 0 Å². The molecular weight excluding hydrogens is 447 g/mol. The molecule has 0 radical (unpaired) electrons. The van der Waals surface area contributed by atoms with E-state index < -0.39 is 41.7 Å². The summed E-state index contributed by atoms with van der Waals surface area (Å²) in [6.07, 6.45) is -7.02. The van der Waals surface area contributed by atoms with E-state index in [2.05, 4.69) is 15.9 Å². The molecule has 154 valence electrons. The molecule has 0 saturated carbocycles. The molecule has 0 aliphatic carbocycles. The number of alkyl halides is 3. The Morgan fingerprint density at radius 1 is 1.04 bits per heavy atom. The number of hydrogen-bond donors (Lipinski definition) is 2. The predicted octanol–water partition coefficient (Wildman–Crippen LogP) is 5.95. The van der Waals surface area contributed by atoms with Gasteiger partial charge in [-0.05, 0) is 60.2 Å². The van der Waals surface area contributed by atoms with Crippen LogP contribution in [0.4, 0.5) is 22.0 Å². The van der Waals surface area contributed by atoms with Crippen LogP contribution in [0.5, 0.6) is 5.75 Å². The Balaban J connectivity index is 2.50. The van der Waals surface area contributed by atoms with Gasteiger partial charge in [-0.25, -0.2) is 8.78 Å². The standard InChI is InChI=1S/C20H20BrF5O2/c1-11-6-13(21)7-12(17(11)23)9-19(28,20(24,25)26)10-18(2,3)15-8-14(22)4-5-16(15)27/h4-8,27-28H,9-10H2,1-3H3. The van der Waals surface area contributed by atoms with Crippen molar-refractivity contribution >= 4 is 15.9 Å². The Labute approximate surface area is 168 Å². The molecule has 1 atom stereocenters. The van der Waals surface area contributed by atoms with E-state index >= 15 is 0 Å². The van der Waals surface area contributed by atoms with E-state index in [1.54, 1.807) is 0 Å². The number of aliphatic hydroxyl groups is 1. The van der Waals surface area contributed by atoms with E-state index in [-0.39, 0.29) is 22.4 Å². The molecule has 1 unspecified atom stereocenters. The highest BCUT2D eigenvalue weighted by atomic mass is 79.9. The van der Waals surface area contributed by atoms with E-state index in [1.807, 2.05) is 0 Å². The minimum Gasteiger partial charge on any atom is -0.508 e. The van der Waals surface area contributed by atoms with Crippen LogP contribution in [0.2, 0.25) is 0 Å². The van der Waals surface area contributed by atoms with Gasteiger partial charge in [-0.1, -0.05) is 29.8 Å². The van der Waals surface area contributed by atoms with Gasteiger partial charge in [0.25, 0.3) is 0 Å². The first-order chi connectivity index (χ1) is 12.7. The molecule has 2 rings (SSSR count). The molecule has 2 nitrogen and oxygen atoms in total. The van der Waals surface area contributed by atoms with Gasteiger partial charge in [-0.3, -0.25) is 0 Å². The van der Waals surface area contributed by atoms with Crippen LogP contribution in [0, 0.1) is 18.6 Å². The van der Waals surface area contributed by atoms with Gasteiger partial charge >= 0.3 is 6.18 Å². The second-order valence-electron chi connectivity index (χ2n) is 7.62. The summed E-state index contributed by atoms with van der Waals surface area (Å²) in [6.45, 7) is 4.10. The zero-order valence-electron chi connectivity index (χ0n) is 15.5. The normalized spacial score (nSPS) is 14.8. The molecule has 28 heavy (non-hydrogen) atoms. The van der Waals surface area contributed by atoms with Crippen LogP contribution in [0.3, 0.4) is 0 Å². The van der Waals surface area contributed by atoms with Crippen LogP contribution in [0.25, 0.3) is 0 Å². The summed E-state index contributed by atoms with van der Waals surface area (Å²) in [7, 11) is 0. The van der Waals surface area contributed by atoms with Gasteiger partial charge in [0.1, 0.15) is 17.4 Å². The lowest BCUT2D eigenvalue weighted by molar-refractivity contribution is -0.266. The largest absolute Gasteiger partial charge is 0.508 e. The van der Waals surface area contributed by atoms with E-state index in [0.717, 1.165) is 18.2 Å². The first-order valence-corrected chi connectivity index (χ1v) is 9.18. The van der Waals surface area contributed by atoms with Crippen molar-refractivity contribution in [2.45, 2.75) is 50.8 Å². The highest BCUT2D eigenvalue weighted by Gasteiger charge is 2.56. The molecule has 0 spiro atoms. The fourth-order valence-electron chi connectivity index (χ4n) is 3.38. The van der Waals surface area contributed by atoms with Crippen LogP contribution in [0.15, 0.2) is 34.8 Å². The topological polar surface area (TPSA) is 40.5 Å². The third-order valence-electron chi connectivity index (χ3n) is 4.73. The van der Waals surface area contributed by atoms with Crippen LogP contribution in [-0.2, 0) is 11.8 Å². The van der Waals surface area contributed by atoms with Crippen LogP contribution < -0.4 is 0 Å². The third-order valence-corrected chi connectivity index (χ3v) is 5.19. The summed E-state index contributed by atoms with van der Waals surface area (Å²) in [5.74, 6) is -1.96. The third kappa shape index (κ3) is 4.66. The molecule has 2 aromatic carbocycles. The van der Waals surface area contributed by atoms with Gasteiger partial charge in [0.2, 0.25) is 0 Å². The van der Waals surface area contributed by atoms with Crippen molar-refractivity contribution in [3.05, 3.63) is 63.1 Å². The Kier molecular flexibility index (Phi) is 6.16. The number of phenolic OH excluding ortho intramolecular Hbond substituents is 1. The molecule has 0 aliphatic heterocycles. The van der Waals surface area contributed by atoms with Crippen molar-refractivity contribution < 1.29 is 32.2 Å². The number of aryl methyl sites for hydroxylation is 1. The summed E-state index contributed by atoms with van der Waals surface area (Å²) < 4.78 is 69.8. The molecular formula is C20H20BrF5O2. The van der Waals surface area contributed by atoms with Crippen molar-refractivity contribution in [1.82, 2.24) is 0 Å². The van der Waals surface area contributed by atoms with Crippen molar-refractivity contribution in [2.75, 3.05) is 0 Å². The summed E-state index contributed by atoms with van der Waals surface area (Å²) in [6, 6.07) is 5.54. The molecule has 8 heteroatoms. The molecule has 0 saturated heterocycles. The minimum atomic E-state index is -5.09. The number of phenols is 1. The monoisotopic (exact) mass is 466 g/mol. The van der Waals surface area contributed by atoms with Gasteiger partial charge in [0.05, 0.1) is 0 Å². The molecule has 0 amide bonds. The van der Waals surface area contributed by atoms with E-state index in [1.165, 1.54) is 32.9 Å². The Morgan fingerprint density at radius 3 is 2.21 bits per heavy atom. The second-order valence-corrected chi connectivity index (χ2v) is 8.54. The minimum absolute atomic E-state index is 0.0823. The number of hydrogen-bond acceptors (Lipinski definition) is 2. The molecule has 0 aromatic heterocycles.